The summed E-state index contributed by atoms with van der Waals surface area (Å²) in [6.07, 6.45) is 12.8. The summed E-state index contributed by atoms with van der Waals surface area (Å²) >= 11 is 0. The van der Waals surface area contributed by atoms with Crippen LogP contribution in [0.15, 0.2) is 61.2 Å². The average molecular weight is 212 g/mol. The van der Waals surface area contributed by atoms with Crippen molar-refractivity contribution in [3.05, 3.63) is 66.8 Å². The fraction of sp³-hybridized carbons (Fsp3) is 0.250. The van der Waals surface area contributed by atoms with Gasteiger partial charge in [-0.25, -0.2) is 0 Å². The van der Waals surface area contributed by atoms with Crippen molar-refractivity contribution in [3.8, 4) is 0 Å². The minimum Gasteiger partial charge on any atom is -0.0991 e. The molecule has 1 rings (SSSR count). The van der Waals surface area contributed by atoms with Crippen LogP contribution in [0.1, 0.15) is 25.3 Å². The monoisotopic (exact) mass is 212 g/mol. The van der Waals surface area contributed by atoms with E-state index in [2.05, 4.69) is 56.0 Å². The van der Waals surface area contributed by atoms with Gasteiger partial charge in [0.1, 0.15) is 0 Å². The molecule has 84 valence electrons. The Hall–Kier alpha value is -1.56. The third-order valence-corrected chi connectivity index (χ3v) is 2.48. The van der Waals surface area contributed by atoms with Gasteiger partial charge in [-0.2, -0.15) is 0 Å². The topological polar surface area (TPSA) is 0 Å². The van der Waals surface area contributed by atoms with Gasteiger partial charge in [0.15, 0.2) is 0 Å². The van der Waals surface area contributed by atoms with Crippen LogP contribution in [-0.4, -0.2) is 0 Å². The Labute approximate surface area is 99.0 Å². The summed E-state index contributed by atoms with van der Waals surface area (Å²) in [6.45, 7) is 5.90. The van der Waals surface area contributed by atoms with E-state index >= 15 is 0 Å². The van der Waals surface area contributed by atoms with Crippen molar-refractivity contribution >= 4 is 6.08 Å². The van der Waals surface area contributed by atoms with E-state index in [1.807, 2.05) is 18.2 Å². The minimum absolute atomic E-state index is 0.620. The predicted octanol–water partition coefficient (Wildman–Crippen LogP) is 4.86. The maximum Gasteiger partial charge on any atom is -0.0256 e. The van der Waals surface area contributed by atoms with E-state index in [1.54, 1.807) is 0 Å². The molecule has 0 aromatic heterocycles. The molecule has 0 radical (unpaired) electrons. The van der Waals surface area contributed by atoms with Crippen LogP contribution >= 0.6 is 0 Å². The second kappa shape index (κ2) is 7.70. The van der Waals surface area contributed by atoms with Gasteiger partial charge in [-0.1, -0.05) is 74.2 Å². The lowest BCUT2D eigenvalue weighted by molar-refractivity contribution is 0.660. The Morgan fingerprint density at radius 1 is 1.25 bits per heavy atom. The van der Waals surface area contributed by atoms with E-state index < -0.39 is 0 Å². The van der Waals surface area contributed by atoms with Crippen molar-refractivity contribution in [1.82, 2.24) is 0 Å². The number of hydrogen-bond acceptors (Lipinski definition) is 0. The zero-order chi connectivity index (χ0) is 11.6. The van der Waals surface area contributed by atoms with E-state index in [4.69, 9.17) is 0 Å². The molecule has 0 aliphatic carbocycles. The molecule has 0 nitrogen and oxygen atoms in total. The minimum atomic E-state index is 0.620. The number of benzene rings is 1. The Bertz CT molecular complexity index is 344. The third kappa shape index (κ3) is 5.35. The fourth-order valence-corrected chi connectivity index (χ4v) is 1.49. The van der Waals surface area contributed by atoms with Gasteiger partial charge in [-0.15, -0.1) is 0 Å². The maximum absolute atomic E-state index is 3.65. The van der Waals surface area contributed by atoms with Crippen LogP contribution in [0.5, 0.6) is 0 Å². The highest BCUT2D eigenvalue weighted by molar-refractivity contribution is 5.48. The van der Waals surface area contributed by atoms with Gasteiger partial charge in [-0.05, 0) is 24.3 Å². The third-order valence-electron chi connectivity index (χ3n) is 2.48. The average Bonchev–Trinajstić information content (AvgIpc) is 2.33. The van der Waals surface area contributed by atoms with E-state index in [-0.39, 0.29) is 0 Å². The highest BCUT2D eigenvalue weighted by Crippen LogP contribution is 2.10. The molecular weight excluding hydrogens is 192 g/mol. The molecule has 16 heavy (non-hydrogen) atoms. The lowest BCUT2D eigenvalue weighted by atomic mass is 10.0. The van der Waals surface area contributed by atoms with E-state index in [0.29, 0.717) is 5.92 Å². The van der Waals surface area contributed by atoms with Gasteiger partial charge in [-0.3, -0.25) is 0 Å². The van der Waals surface area contributed by atoms with Gasteiger partial charge in [0.2, 0.25) is 0 Å². The highest BCUT2D eigenvalue weighted by Gasteiger charge is 1.94. The van der Waals surface area contributed by atoms with Gasteiger partial charge in [0, 0.05) is 0 Å². The fourth-order valence-electron chi connectivity index (χ4n) is 1.49. The molecule has 1 aromatic carbocycles. The van der Waals surface area contributed by atoms with Crippen molar-refractivity contribution in [3.63, 3.8) is 0 Å². The Kier molecular flexibility index (Phi) is 6.02. The highest BCUT2D eigenvalue weighted by atomic mass is 14.0. The van der Waals surface area contributed by atoms with Crippen LogP contribution in [0.2, 0.25) is 0 Å². The molecule has 0 saturated carbocycles. The summed E-state index contributed by atoms with van der Waals surface area (Å²) in [5.74, 6) is 0.620. The number of rotatable bonds is 6. The quantitative estimate of drug-likeness (QED) is 0.591. The number of hydrogen-bond donors (Lipinski definition) is 0. The molecule has 0 heterocycles. The van der Waals surface area contributed by atoms with Gasteiger partial charge in [0.05, 0.1) is 0 Å². The summed E-state index contributed by atoms with van der Waals surface area (Å²) in [6, 6.07) is 10.4. The summed E-state index contributed by atoms with van der Waals surface area (Å²) in [5.41, 5.74) is 1.27. The van der Waals surface area contributed by atoms with Gasteiger partial charge in [0.25, 0.3) is 0 Å². The first-order chi connectivity index (χ1) is 7.83. The first-order valence-electron chi connectivity index (χ1n) is 5.83. The van der Waals surface area contributed by atoms with Crippen LogP contribution in [0.25, 0.3) is 6.08 Å². The zero-order valence-corrected chi connectivity index (χ0v) is 9.97. The molecule has 0 bridgehead atoms. The van der Waals surface area contributed by atoms with Crippen LogP contribution in [0.3, 0.4) is 0 Å². The number of allylic oxidation sites excluding steroid dienone is 4. The van der Waals surface area contributed by atoms with E-state index in [0.717, 1.165) is 6.42 Å². The van der Waals surface area contributed by atoms with Crippen molar-refractivity contribution < 1.29 is 0 Å². The molecule has 0 spiro atoms. The summed E-state index contributed by atoms with van der Waals surface area (Å²) in [7, 11) is 0. The Morgan fingerprint density at radius 3 is 2.69 bits per heavy atom. The molecule has 1 aromatic rings. The zero-order valence-electron chi connectivity index (χ0n) is 9.97. The Morgan fingerprint density at radius 2 is 2.00 bits per heavy atom. The molecule has 0 saturated heterocycles. The Balaban J connectivity index is 2.33. The molecule has 0 aliphatic rings. The second-order valence-corrected chi connectivity index (χ2v) is 3.99. The van der Waals surface area contributed by atoms with Crippen molar-refractivity contribution in [1.29, 1.82) is 0 Å². The largest absolute Gasteiger partial charge is 0.0991 e. The maximum atomic E-state index is 3.65. The lowest BCUT2D eigenvalue weighted by Gasteiger charge is -2.02. The van der Waals surface area contributed by atoms with E-state index in [1.165, 1.54) is 12.0 Å². The van der Waals surface area contributed by atoms with Crippen LogP contribution < -0.4 is 0 Å². The first kappa shape index (κ1) is 12.5. The summed E-state index contributed by atoms with van der Waals surface area (Å²) in [4.78, 5) is 0. The van der Waals surface area contributed by atoms with Crippen molar-refractivity contribution in [2.24, 2.45) is 5.92 Å². The predicted molar refractivity (Wildman–Crippen MR) is 73.2 cm³/mol. The molecule has 0 fully saturated rings. The standard InChI is InChI=1S/C16H20/c1-3-4-5-7-10-15(2)13-14-16-11-8-6-9-12-16/h3-6,8-9,11-15H,1,7,10H2,2H3. The van der Waals surface area contributed by atoms with Gasteiger partial charge >= 0.3 is 0 Å². The van der Waals surface area contributed by atoms with Crippen LogP contribution in [0, 0.1) is 5.92 Å². The van der Waals surface area contributed by atoms with Gasteiger partial charge < -0.3 is 0 Å². The summed E-state index contributed by atoms with van der Waals surface area (Å²) < 4.78 is 0. The van der Waals surface area contributed by atoms with Crippen LogP contribution in [-0.2, 0) is 0 Å². The summed E-state index contributed by atoms with van der Waals surface area (Å²) in [5, 5.41) is 0. The molecule has 1 atom stereocenters. The van der Waals surface area contributed by atoms with Crippen molar-refractivity contribution in [2.45, 2.75) is 19.8 Å². The molecule has 0 aliphatic heterocycles. The second-order valence-electron chi connectivity index (χ2n) is 3.99. The van der Waals surface area contributed by atoms with Crippen molar-refractivity contribution in [2.75, 3.05) is 0 Å². The molecule has 0 heteroatoms. The SMILES string of the molecule is C=CC=CCCC(C)C=Cc1ccccc1. The van der Waals surface area contributed by atoms with E-state index in [9.17, 15) is 0 Å². The van der Waals surface area contributed by atoms with Crippen LogP contribution in [0.4, 0.5) is 0 Å². The smallest absolute Gasteiger partial charge is 0.0256 e. The normalized spacial score (nSPS) is 13.3. The molecular formula is C16H20. The molecule has 0 N–H and O–H groups in total. The molecule has 0 amide bonds. The molecule has 1 unspecified atom stereocenters. The first-order valence-corrected chi connectivity index (χ1v) is 5.83. The lowest BCUT2D eigenvalue weighted by Crippen LogP contribution is -1.87.